The van der Waals surface area contributed by atoms with Crippen LogP contribution >= 0.6 is 23.1 Å². The maximum absolute atomic E-state index is 9.35. The highest BCUT2D eigenvalue weighted by atomic mass is 32.2. The van der Waals surface area contributed by atoms with Crippen molar-refractivity contribution in [1.29, 1.82) is 0 Å². The predicted octanol–water partition coefficient (Wildman–Crippen LogP) is 2.07. The first-order valence-corrected chi connectivity index (χ1v) is 7.79. The fraction of sp³-hybridized carbons (Fsp3) is 0.727. The maximum atomic E-state index is 9.35. The number of aromatic nitrogens is 1. The SMILES string of the molecule is OCc1sc(N2CCSCC2)nc1C1CC1. The van der Waals surface area contributed by atoms with Gasteiger partial charge in [0.25, 0.3) is 0 Å². The van der Waals surface area contributed by atoms with Gasteiger partial charge >= 0.3 is 0 Å². The van der Waals surface area contributed by atoms with Gasteiger partial charge in [-0.3, -0.25) is 0 Å². The first-order valence-electron chi connectivity index (χ1n) is 5.81. The highest BCUT2D eigenvalue weighted by Crippen LogP contribution is 2.44. The van der Waals surface area contributed by atoms with Gasteiger partial charge in [0, 0.05) is 30.5 Å². The smallest absolute Gasteiger partial charge is 0.185 e. The molecule has 0 unspecified atom stereocenters. The van der Waals surface area contributed by atoms with E-state index in [1.807, 2.05) is 11.8 Å². The molecule has 1 aliphatic carbocycles. The van der Waals surface area contributed by atoms with E-state index in [2.05, 4.69) is 4.90 Å². The van der Waals surface area contributed by atoms with E-state index in [0.717, 1.165) is 23.1 Å². The van der Waals surface area contributed by atoms with E-state index in [0.29, 0.717) is 5.92 Å². The number of nitrogens with zero attached hydrogens (tertiary/aromatic N) is 2. The molecule has 0 bridgehead atoms. The summed E-state index contributed by atoms with van der Waals surface area (Å²) in [4.78, 5) is 8.20. The first kappa shape index (κ1) is 10.9. The zero-order valence-electron chi connectivity index (χ0n) is 9.19. The van der Waals surface area contributed by atoms with Crippen LogP contribution in [0.25, 0.3) is 0 Å². The van der Waals surface area contributed by atoms with Crippen LogP contribution in [0.2, 0.25) is 0 Å². The number of aliphatic hydroxyl groups excluding tert-OH is 1. The van der Waals surface area contributed by atoms with Gasteiger partial charge in [0.15, 0.2) is 5.13 Å². The molecule has 1 saturated heterocycles. The topological polar surface area (TPSA) is 36.4 Å². The summed E-state index contributed by atoms with van der Waals surface area (Å²) >= 11 is 3.70. The first-order chi connectivity index (χ1) is 7.88. The zero-order valence-corrected chi connectivity index (χ0v) is 10.8. The quantitative estimate of drug-likeness (QED) is 0.898. The molecule has 0 amide bonds. The number of thioether (sulfide) groups is 1. The van der Waals surface area contributed by atoms with E-state index >= 15 is 0 Å². The third-order valence-electron chi connectivity index (χ3n) is 3.11. The molecule has 2 fully saturated rings. The fourth-order valence-corrected chi connectivity index (χ4v) is 3.99. The lowest BCUT2D eigenvalue weighted by molar-refractivity contribution is 0.284. The Bertz CT molecular complexity index is 370. The number of hydrogen-bond acceptors (Lipinski definition) is 5. The highest BCUT2D eigenvalue weighted by molar-refractivity contribution is 7.99. The summed E-state index contributed by atoms with van der Waals surface area (Å²) in [6, 6.07) is 0. The third kappa shape index (κ3) is 2.08. The molecule has 2 aliphatic rings. The van der Waals surface area contributed by atoms with Crippen LogP contribution in [-0.4, -0.2) is 34.7 Å². The maximum Gasteiger partial charge on any atom is 0.185 e. The van der Waals surface area contributed by atoms with Crippen molar-refractivity contribution in [3.8, 4) is 0 Å². The molecule has 0 radical (unpaired) electrons. The van der Waals surface area contributed by atoms with E-state index < -0.39 is 0 Å². The van der Waals surface area contributed by atoms with Crippen LogP contribution < -0.4 is 4.90 Å². The van der Waals surface area contributed by atoms with Gasteiger partial charge in [-0.2, -0.15) is 11.8 Å². The number of thiazole rings is 1. The number of rotatable bonds is 3. The predicted molar refractivity (Wildman–Crippen MR) is 69.5 cm³/mol. The Balaban J connectivity index is 1.83. The van der Waals surface area contributed by atoms with Gasteiger partial charge < -0.3 is 10.0 Å². The van der Waals surface area contributed by atoms with Gasteiger partial charge in [0.05, 0.1) is 17.2 Å². The molecule has 2 heterocycles. The number of aliphatic hydroxyl groups is 1. The van der Waals surface area contributed by atoms with Crippen LogP contribution in [-0.2, 0) is 6.61 Å². The molecule has 3 nitrogen and oxygen atoms in total. The van der Waals surface area contributed by atoms with Crippen molar-refractivity contribution in [2.24, 2.45) is 0 Å². The van der Waals surface area contributed by atoms with Gasteiger partial charge in [-0.1, -0.05) is 11.3 Å². The molecule has 5 heteroatoms. The molecule has 1 N–H and O–H groups in total. The van der Waals surface area contributed by atoms with Crippen molar-refractivity contribution in [1.82, 2.24) is 4.98 Å². The normalized spacial score (nSPS) is 21.4. The summed E-state index contributed by atoms with van der Waals surface area (Å²) in [6.45, 7) is 2.37. The lowest BCUT2D eigenvalue weighted by atomic mass is 10.2. The minimum absolute atomic E-state index is 0.159. The average Bonchev–Trinajstić information content (AvgIpc) is 3.10. The summed E-state index contributed by atoms with van der Waals surface area (Å²) in [5, 5.41) is 10.5. The molecule has 1 aromatic heterocycles. The molecule has 0 aromatic carbocycles. The Morgan fingerprint density at radius 3 is 2.69 bits per heavy atom. The van der Waals surface area contributed by atoms with Crippen LogP contribution in [0.4, 0.5) is 5.13 Å². The molecule has 16 heavy (non-hydrogen) atoms. The fourth-order valence-electron chi connectivity index (χ4n) is 2.03. The Morgan fingerprint density at radius 1 is 1.31 bits per heavy atom. The molecule has 0 atom stereocenters. The largest absolute Gasteiger partial charge is 0.391 e. The van der Waals surface area contributed by atoms with Crippen molar-refractivity contribution in [2.45, 2.75) is 25.4 Å². The summed E-state index contributed by atoms with van der Waals surface area (Å²) < 4.78 is 0. The van der Waals surface area contributed by atoms with Gasteiger partial charge in [-0.15, -0.1) is 0 Å². The van der Waals surface area contributed by atoms with Crippen molar-refractivity contribution in [2.75, 3.05) is 29.5 Å². The van der Waals surface area contributed by atoms with Crippen molar-refractivity contribution < 1.29 is 5.11 Å². The molecule has 1 aromatic rings. The minimum atomic E-state index is 0.159. The monoisotopic (exact) mass is 256 g/mol. The molecular formula is C11H16N2OS2. The lowest BCUT2D eigenvalue weighted by Gasteiger charge is -2.25. The highest BCUT2D eigenvalue weighted by Gasteiger charge is 2.30. The van der Waals surface area contributed by atoms with Crippen molar-refractivity contribution in [3.05, 3.63) is 10.6 Å². The molecule has 0 spiro atoms. The van der Waals surface area contributed by atoms with Crippen LogP contribution in [0.1, 0.15) is 29.3 Å². The second-order valence-electron chi connectivity index (χ2n) is 4.34. The Labute approximate surface area is 104 Å². The summed E-state index contributed by atoms with van der Waals surface area (Å²) in [7, 11) is 0. The van der Waals surface area contributed by atoms with Gasteiger partial charge in [-0.25, -0.2) is 4.98 Å². The summed E-state index contributed by atoms with van der Waals surface area (Å²) in [5.41, 5.74) is 1.18. The van der Waals surface area contributed by atoms with Crippen LogP contribution in [0.3, 0.4) is 0 Å². The Morgan fingerprint density at radius 2 is 2.06 bits per heavy atom. The van der Waals surface area contributed by atoms with Crippen LogP contribution in [0.15, 0.2) is 0 Å². The zero-order chi connectivity index (χ0) is 11.0. The van der Waals surface area contributed by atoms with E-state index in [-0.39, 0.29) is 6.61 Å². The molecule has 1 aliphatic heterocycles. The van der Waals surface area contributed by atoms with Gasteiger partial charge in [0.1, 0.15) is 0 Å². The van der Waals surface area contributed by atoms with E-state index in [1.165, 1.54) is 30.0 Å². The summed E-state index contributed by atoms with van der Waals surface area (Å²) in [6.07, 6.45) is 2.51. The second kappa shape index (κ2) is 4.55. The number of hydrogen-bond donors (Lipinski definition) is 1. The van der Waals surface area contributed by atoms with Gasteiger partial charge in [0.2, 0.25) is 0 Å². The van der Waals surface area contributed by atoms with E-state index in [4.69, 9.17) is 4.98 Å². The van der Waals surface area contributed by atoms with Crippen LogP contribution in [0, 0.1) is 0 Å². The minimum Gasteiger partial charge on any atom is -0.391 e. The standard InChI is InChI=1S/C11H16N2OS2/c14-7-9-10(8-1-2-8)12-11(16-9)13-3-5-15-6-4-13/h8,14H,1-7H2. The Hall–Kier alpha value is -0.260. The van der Waals surface area contributed by atoms with E-state index in [9.17, 15) is 5.11 Å². The molecule has 88 valence electrons. The molecular weight excluding hydrogens is 240 g/mol. The van der Waals surface area contributed by atoms with E-state index in [1.54, 1.807) is 11.3 Å². The lowest BCUT2D eigenvalue weighted by Crippen LogP contribution is -2.32. The molecule has 3 rings (SSSR count). The molecule has 1 saturated carbocycles. The van der Waals surface area contributed by atoms with Crippen molar-refractivity contribution >= 4 is 28.2 Å². The summed E-state index contributed by atoms with van der Waals surface area (Å²) in [5.74, 6) is 3.05. The average molecular weight is 256 g/mol. The van der Waals surface area contributed by atoms with Gasteiger partial charge in [-0.05, 0) is 12.8 Å². The number of anilines is 1. The second-order valence-corrected chi connectivity index (χ2v) is 6.62. The third-order valence-corrected chi connectivity index (χ3v) is 5.16. The van der Waals surface area contributed by atoms with Crippen molar-refractivity contribution in [3.63, 3.8) is 0 Å². The Kier molecular flexibility index (Phi) is 3.09. The van der Waals surface area contributed by atoms with Crippen LogP contribution in [0.5, 0.6) is 0 Å².